The van der Waals surface area contributed by atoms with Crippen LogP contribution in [0.5, 0.6) is 5.75 Å². The summed E-state index contributed by atoms with van der Waals surface area (Å²) in [5, 5.41) is 9.46. The van der Waals surface area contributed by atoms with Gasteiger partial charge >= 0.3 is 0 Å². The van der Waals surface area contributed by atoms with Crippen LogP contribution in [0.25, 0.3) is 0 Å². The Morgan fingerprint density at radius 2 is 2.31 bits per heavy atom. The predicted molar refractivity (Wildman–Crippen MR) is 47.4 cm³/mol. The van der Waals surface area contributed by atoms with E-state index < -0.39 is 6.10 Å². The van der Waals surface area contributed by atoms with E-state index in [-0.39, 0.29) is 6.79 Å². The molecule has 1 aromatic carbocycles. The fourth-order valence-corrected chi connectivity index (χ4v) is 1.48. The highest BCUT2D eigenvalue weighted by molar-refractivity contribution is 5.42. The molecule has 0 saturated carbocycles. The highest BCUT2D eigenvalue weighted by Crippen LogP contribution is 2.31. The maximum Gasteiger partial charge on any atom is 0.189 e. The van der Waals surface area contributed by atoms with E-state index in [0.29, 0.717) is 6.61 Å². The second-order valence-electron chi connectivity index (χ2n) is 3.12. The normalized spacial score (nSPS) is 17.4. The maximum absolute atomic E-state index is 9.46. The van der Waals surface area contributed by atoms with Crippen molar-refractivity contribution in [1.29, 1.82) is 0 Å². The zero-order valence-corrected chi connectivity index (χ0v) is 7.49. The van der Waals surface area contributed by atoms with E-state index in [4.69, 9.17) is 9.47 Å². The first-order valence-corrected chi connectivity index (χ1v) is 4.29. The smallest absolute Gasteiger partial charge is 0.189 e. The molecule has 70 valence electrons. The van der Waals surface area contributed by atoms with E-state index in [2.05, 4.69) is 0 Å². The van der Waals surface area contributed by atoms with Crippen molar-refractivity contribution >= 4 is 0 Å². The molecular formula is C10H12O3. The number of hydrogen-bond donors (Lipinski definition) is 1. The molecule has 0 saturated heterocycles. The van der Waals surface area contributed by atoms with Crippen molar-refractivity contribution in [1.82, 2.24) is 0 Å². The fraction of sp³-hybridized carbons (Fsp3) is 0.400. The van der Waals surface area contributed by atoms with Gasteiger partial charge in [-0.05, 0) is 6.92 Å². The Bertz CT molecular complexity index is 307. The molecule has 1 unspecified atom stereocenters. The van der Waals surface area contributed by atoms with Gasteiger partial charge < -0.3 is 14.6 Å². The van der Waals surface area contributed by atoms with Crippen LogP contribution in [-0.2, 0) is 11.3 Å². The van der Waals surface area contributed by atoms with Gasteiger partial charge in [-0.25, -0.2) is 0 Å². The van der Waals surface area contributed by atoms with Gasteiger partial charge in [0.25, 0.3) is 0 Å². The van der Waals surface area contributed by atoms with Crippen LogP contribution >= 0.6 is 0 Å². The molecule has 3 heteroatoms. The van der Waals surface area contributed by atoms with Crippen molar-refractivity contribution in [3.05, 3.63) is 29.3 Å². The summed E-state index contributed by atoms with van der Waals surface area (Å²) in [5.74, 6) is 0.781. The molecule has 1 aliphatic rings. The molecule has 1 heterocycles. The quantitative estimate of drug-likeness (QED) is 0.713. The number of fused-ring (bicyclic) bond motifs is 1. The Hall–Kier alpha value is -1.06. The summed E-state index contributed by atoms with van der Waals surface area (Å²) in [6.07, 6.45) is -0.493. The van der Waals surface area contributed by atoms with Crippen molar-refractivity contribution in [3.8, 4) is 5.75 Å². The zero-order chi connectivity index (χ0) is 9.26. The standard InChI is InChI=1S/C10H12O3/c1-7(11)9-4-2-3-8-5-12-6-13-10(8)9/h2-4,7,11H,5-6H2,1H3. The fourth-order valence-electron chi connectivity index (χ4n) is 1.48. The van der Waals surface area contributed by atoms with E-state index in [0.717, 1.165) is 16.9 Å². The molecule has 0 fully saturated rings. The molecule has 0 aromatic heterocycles. The van der Waals surface area contributed by atoms with Gasteiger partial charge in [-0.2, -0.15) is 0 Å². The first-order chi connectivity index (χ1) is 6.29. The molecule has 0 amide bonds. The SMILES string of the molecule is CC(O)c1cccc2c1OCOC2. The number of hydrogen-bond acceptors (Lipinski definition) is 3. The largest absolute Gasteiger partial charge is 0.467 e. The summed E-state index contributed by atoms with van der Waals surface area (Å²) < 4.78 is 10.5. The summed E-state index contributed by atoms with van der Waals surface area (Å²) >= 11 is 0. The van der Waals surface area contributed by atoms with Crippen LogP contribution in [0.2, 0.25) is 0 Å². The maximum atomic E-state index is 9.46. The molecular weight excluding hydrogens is 168 g/mol. The summed E-state index contributed by atoms with van der Waals surface area (Å²) in [4.78, 5) is 0. The van der Waals surface area contributed by atoms with E-state index in [1.165, 1.54) is 0 Å². The monoisotopic (exact) mass is 180 g/mol. The molecule has 3 nitrogen and oxygen atoms in total. The lowest BCUT2D eigenvalue weighted by atomic mass is 10.1. The first-order valence-electron chi connectivity index (χ1n) is 4.29. The van der Waals surface area contributed by atoms with E-state index in [1.807, 2.05) is 18.2 Å². The van der Waals surface area contributed by atoms with Crippen LogP contribution < -0.4 is 4.74 Å². The van der Waals surface area contributed by atoms with Crippen molar-refractivity contribution < 1.29 is 14.6 Å². The Morgan fingerprint density at radius 3 is 3.08 bits per heavy atom. The van der Waals surface area contributed by atoms with Gasteiger partial charge in [-0.3, -0.25) is 0 Å². The van der Waals surface area contributed by atoms with Gasteiger partial charge in [-0.1, -0.05) is 18.2 Å². The molecule has 1 N–H and O–H groups in total. The summed E-state index contributed by atoms with van der Waals surface area (Å²) in [6, 6.07) is 5.72. The van der Waals surface area contributed by atoms with Gasteiger partial charge in [0.2, 0.25) is 0 Å². The van der Waals surface area contributed by atoms with E-state index in [9.17, 15) is 5.11 Å². The van der Waals surface area contributed by atoms with Crippen LogP contribution in [0.1, 0.15) is 24.2 Å². The zero-order valence-electron chi connectivity index (χ0n) is 7.49. The summed E-state index contributed by atoms with van der Waals surface area (Å²) in [7, 11) is 0. The molecule has 1 aromatic rings. The van der Waals surface area contributed by atoms with Gasteiger partial charge in [-0.15, -0.1) is 0 Å². The molecule has 13 heavy (non-hydrogen) atoms. The number of rotatable bonds is 1. The number of ether oxygens (including phenoxy) is 2. The minimum atomic E-state index is -0.493. The van der Waals surface area contributed by atoms with Crippen molar-refractivity contribution in [2.24, 2.45) is 0 Å². The average molecular weight is 180 g/mol. The highest BCUT2D eigenvalue weighted by Gasteiger charge is 2.16. The minimum absolute atomic E-state index is 0.275. The van der Waals surface area contributed by atoms with E-state index >= 15 is 0 Å². The van der Waals surface area contributed by atoms with Crippen LogP contribution in [0.15, 0.2) is 18.2 Å². The van der Waals surface area contributed by atoms with Crippen molar-refractivity contribution in [2.45, 2.75) is 19.6 Å². The number of benzene rings is 1. The van der Waals surface area contributed by atoms with Crippen LogP contribution in [0.3, 0.4) is 0 Å². The van der Waals surface area contributed by atoms with Gasteiger partial charge in [0, 0.05) is 11.1 Å². The van der Waals surface area contributed by atoms with Gasteiger partial charge in [0.15, 0.2) is 6.79 Å². The topological polar surface area (TPSA) is 38.7 Å². The molecule has 0 radical (unpaired) electrons. The highest BCUT2D eigenvalue weighted by atomic mass is 16.7. The third kappa shape index (κ3) is 1.53. The van der Waals surface area contributed by atoms with Gasteiger partial charge in [0.1, 0.15) is 5.75 Å². The second kappa shape index (κ2) is 3.36. The third-order valence-corrected chi connectivity index (χ3v) is 2.12. The molecule has 1 atom stereocenters. The summed E-state index contributed by atoms with van der Waals surface area (Å²) in [5.41, 5.74) is 1.84. The summed E-state index contributed by atoms with van der Waals surface area (Å²) in [6.45, 7) is 2.57. The lowest BCUT2D eigenvalue weighted by Gasteiger charge is -2.21. The molecule has 0 bridgehead atoms. The Labute approximate surface area is 76.9 Å². The van der Waals surface area contributed by atoms with Crippen molar-refractivity contribution in [2.75, 3.05) is 6.79 Å². The average Bonchev–Trinajstić information content (AvgIpc) is 2.17. The van der Waals surface area contributed by atoms with Crippen LogP contribution in [-0.4, -0.2) is 11.9 Å². The Morgan fingerprint density at radius 1 is 1.46 bits per heavy atom. The van der Waals surface area contributed by atoms with Crippen LogP contribution in [0, 0.1) is 0 Å². The molecule has 0 spiro atoms. The minimum Gasteiger partial charge on any atom is -0.467 e. The number of para-hydroxylation sites is 1. The number of aliphatic hydroxyl groups is 1. The first kappa shape index (κ1) is 8.53. The third-order valence-electron chi connectivity index (χ3n) is 2.12. The second-order valence-corrected chi connectivity index (χ2v) is 3.12. The molecule has 2 rings (SSSR count). The van der Waals surface area contributed by atoms with Crippen LogP contribution in [0.4, 0.5) is 0 Å². The van der Waals surface area contributed by atoms with Gasteiger partial charge in [0.05, 0.1) is 12.7 Å². The van der Waals surface area contributed by atoms with E-state index in [1.54, 1.807) is 6.92 Å². The number of aliphatic hydroxyl groups excluding tert-OH is 1. The predicted octanol–water partition coefficient (Wildman–Crippen LogP) is 1.61. The Kier molecular flexibility index (Phi) is 2.20. The van der Waals surface area contributed by atoms with Crippen molar-refractivity contribution in [3.63, 3.8) is 0 Å². The Balaban J connectivity index is 2.46. The lowest BCUT2D eigenvalue weighted by Crippen LogP contribution is -2.13. The molecule has 1 aliphatic heterocycles. The molecule has 0 aliphatic carbocycles. The lowest BCUT2D eigenvalue weighted by molar-refractivity contribution is -0.0183.